The van der Waals surface area contributed by atoms with E-state index in [1.807, 2.05) is 11.3 Å². The van der Waals surface area contributed by atoms with Crippen LogP contribution >= 0.6 is 11.3 Å². The molecule has 10 aromatic carbocycles. The topological polar surface area (TPSA) is 3.24 Å². The lowest BCUT2D eigenvalue weighted by Gasteiger charge is -2.26. The zero-order valence-corrected chi connectivity index (χ0v) is 31.4. The smallest absolute Gasteiger partial charge is 0.0468 e. The molecule has 0 radical (unpaired) electrons. The summed E-state index contributed by atoms with van der Waals surface area (Å²) in [4.78, 5) is 2.42. The molecule has 11 aromatic rings. The first-order valence-electron chi connectivity index (χ1n) is 19.2. The highest BCUT2D eigenvalue weighted by Crippen LogP contribution is 2.46. The molecule has 0 amide bonds. The standard InChI is InChI=1S/C54H35NS/c1-2-12-36(13-3-1)38-24-26-39(27-25-38)42-18-10-19-43(32-42)55(44-29-28-37-14-4-5-16-41(37)33-44)45-30-31-53-51(34-45)52-35-50(48-21-8-9-22-49(48)54(52)56-53)47-23-11-17-40-15-6-7-20-46(40)47/h1-35H. The van der Waals surface area contributed by atoms with Gasteiger partial charge in [-0.25, -0.2) is 0 Å². The molecular weight excluding hydrogens is 695 g/mol. The molecular formula is C54H35NS. The summed E-state index contributed by atoms with van der Waals surface area (Å²) in [5.74, 6) is 0. The fourth-order valence-corrected chi connectivity index (χ4v) is 9.68. The van der Waals surface area contributed by atoms with Crippen LogP contribution in [0.2, 0.25) is 0 Å². The Morgan fingerprint density at radius 2 is 0.875 bits per heavy atom. The number of rotatable bonds is 6. The normalized spacial score (nSPS) is 11.6. The van der Waals surface area contributed by atoms with Crippen LogP contribution in [0.15, 0.2) is 212 Å². The van der Waals surface area contributed by atoms with Crippen LogP contribution in [0.3, 0.4) is 0 Å². The van der Waals surface area contributed by atoms with E-state index in [0.717, 1.165) is 17.1 Å². The van der Waals surface area contributed by atoms with Crippen LogP contribution in [-0.2, 0) is 0 Å². The van der Waals surface area contributed by atoms with Gasteiger partial charge in [0.25, 0.3) is 0 Å². The van der Waals surface area contributed by atoms with Gasteiger partial charge in [-0.15, -0.1) is 11.3 Å². The second kappa shape index (κ2) is 13.4. The Balaban J connectivity index is 1.10. The molecule has 0 saturated carbocycles. The molecule has 0 spiro atoms. The quantitative estimate of drug-likeness (QED) is 0.165. The molecule has 56 heavy (non-hydrogen) atoms. The van der Waals surface area contributed by atoms with Crippen LogP contribution in [0.5, 0.6) is 0 Å². The third-order valence-electron chi connectivity index (χ3n) is 11.2. The van der Waals surface area contributed by atoms with Gasteiger partial charge in [0.15, 0.2) is 0 Å². The van der Waals surface area contributed by atoms with Crippen molar-refractivity contribution in [3.63, 3.8) is 0 Å². The van der Waals surface area contributed by atoms with Crippen molar-refractivity contribution >= 4 is 80.9 Å². The lowest BCUT2D eigenvalue weighted by atomic mass is 9.92. The van der Waals surface area contributed by atoms with Crippen LogP contribution in [0.25, 0.3) is 85.9 Å². The predicted octanol–water partition coefficient (Wildman–Crippen LogP) is 16.0. The van der Waals surface area contributed by atoms with Crippen molar-refractivity contribution < 1.29 is 0 Å². The van der Waals surface area contributed by atoms with Crippen LogP contribution in [0, 0.1) is 0 Å². The Morgan fingerprint density at radius 3 is 1.71 bits per heavy atom. The molecule has 11 rings (SSSR count). The molecule has 0 aliphatic rings. The highest BCUT2D eigenvalue weighted by molar-refractivity contribution is 7.26. The van der Waals surface area contributed by atoms with Crippen LogP contribution < -0.4 is 4.90 Å². The fraction of sp³-hybridized carbons (Fsp3) is 0. The van der Waals surface area contributed by atoms with E-state index in [9.17, 15) is 0 Å². The largest absolute Gasteiger partial charge is 0.310 e. The average molecular weight is 730 g/mol. The Kier molecular flexibility index (Phi) is 7.75. The molecule has 262 valence electrons. The van der Waals surface area contributed by atoms with E-state index in [4.69, 9.17) is 0 Å². The van der Waals surface area contributed by atoms with Gasteiger partial charge in [0.2, 0.25) is 0 Å². The summed E-state index contributed by atoms with van der Waals surface area (Å²) in [6.45, 7) is 0. The molecule has 0 aliphatic heterocycles. The van der Waals surface area contributed by atoms with Crippen molar-refractivity contribution in [2.24, 2.45) is 0 Å². The van der Waals surface area contributed by atoms with E-state index in [1.165, 1.54) is 85.9 Å². The van der Waals surface area contributed by atoms with Gasteiger partial charge in [-0.3, -0.25) is 0 Å². The van der Waals surface area contributed by atoms with Gasteiger partial charge in [-0.05, 0) is 109 Å². The minimum atomic E-state index is 1.12. The second-order valence-electron chi connectivity index (χ2n) is 14.5. The van der Waals surface area contributed by atoms with Gasteiger partial charge < -0.3 is 4.90 Å². The average Bonchev–Trinajstić information content (AvgIpc) is 3.65. The van der Waals surface area contributed by atoms with Crippen molar-refractivity contribution in [2.45, 2.75) is 0 Å². The Morgan fingerprint density at radius 1 is 0.286 bits per heavy atom. The van der Waals surface area contributed by atoms with E-state index in [1.54, 1.807) is 0 Å². The monoisotopic (exact) mass is 729 g/mol. The highest BCUT2D eigenvalue weighted by atomic mass is 32.1. The maximum atomic E-state index is 2.45. The molecule has 0 atom stereocenters. The summed E-state index contributed by atoms with van der Waals surface area (Å²) in [5.41, 5.74) is 10.7. The Labute approximate surface area is 330 Å². The van der Waals surface area contributed by atoms with Gasteiger partial charge in [-0.2, -0.15) is 0 Å². The summed E-state index contributed by atoms with van der Waals surface area (Å²) >= 11 is 1.89. The minimum absolute atomic E-state index is 1.12. The first kappa shape index (κ1) is 32.4. The van der Waals surface area contributed by atoms with E-state index < -0.39 is 0 Å². The van der Waals surface area contributed by atoms with Crippen LogP contribution in [-0.4, -0.2) is 0 Å². The zero-order chi connectivity index (χ0) is 37.0. The summed E-state index contributed by atoms with van der Waals surface area (Å²) in [6, 6.07) is 77.7. The molecule has 0 N–H and O–H groups in total. The minimum Gasteiger partial charge on any atom is -0.310 e. The van der Waals surface area contributed by atoms with Gasteiger partial charge in [-0.1, -0.05) is 164 Å². The lowest BCUT2D eigenvalue weighted by molar-refractivity contribution is 1.30. The number of hydrogen-bond donors (Lipinski definition) is 0. The number of anilines is 3. The molecule has 0 saturated heterocycles. The van der Waals surface area contributed by atoms with E-state index in [2.05, 4.69) is 217 Å². The molecule has 0 bridgehead atoms. The Hall–Kier alpha value is -7.00. The molecule has 0 aliphatic carbocycles. The van der Waals surface area contributed by atoms with Crippen molar-refractivity contribution in [2.75, 3.05) is 4.90 Å². The maximum absolute atomic E-state index is 2.45. The molecule has 1 heterocycles. The molecule has 1 aromatic heterocycles. The number of benzene rings is 10. The Bertz CT molecular complexity index is 3240. The van der Waals surface area contributed by atoms with Crippen LogP contribution in [0.4, 0.5) is 17.1 Å². The van der Waals surface area contributed by atoms with Gasteiger partial charge in [0.1, 0.15) is 0 Å². The van der Waals surface area contributed by atoms with E-state index >= 15 is 0 Å². The summed E-state index contributed by atoms with van der Waals surface area (Å²) in [6.07, 6.45) is 0. The molecule has 2 heteroatoms. The lowest BCUT2D eigenvalue weighted by Crippen LogP contribution is -2.10. The first-order chi connectivity index (χ1) is 27.7. The first-order valence-corrected chi connectivity index (χ1v) is 20.0. The zero-order valence-electron chi connectivity index (χ0n) is 30.6. The summed E-state index contributed by atoms with van der Waals surface area (Å²) in [7, 11) is 0. The van der Waals surface area contributed by atoms with Crippen molar-refractivity contribution in [1.82, 2.24) is 0 Å². The molecule has 0 unspecified atom stereocenters. The van der Waals surface area contributed by atoms with Gasteiger partial charge >= 0.3 is 0 Å². The van der Waals surface area contributed by atoms with Crippen molar-refractivity contribution in [1.29, 1.82) is 0 Å². The fourth-order valence-electron chi connectivity index (χ4n) is 8.48. The number of nitrogens with zero attached hydrogens (tertiary/aromatic N) is 1. The maximum Gasteiger partial charge on any atom is 0.0468 e. The molecule has 1 nitrogen and oxygen atoms in total. The van der Waals surface area contributed by atoms with Gasteiger partial charge in [0.05, 0.1) is 0 Å². The molecule has 0 fully saturated rings. The van der Waals surface area contributed by atoms with Crippen molar-refractivity contribution in [3.8, 4) is 33.4 Å². The number of thiophene rings is 1. The number of hydrogen-bond acceptors (Lipinski definition) is 2. The highest BCUT2D eigenvalue weighted by Gasteiger charge is 2.19. The number of fused-ring (bicyclic) bond motifs is 7. The van der Waals surface area contributed by atoms with Crippen LogP contribution in [0.1, 0.15) is 0 Å². The van der Waals surface area contributed by atoms with E-state index in [0.29, 0.717) is 0 Å². The van der Waals surface area contributed by atoms with Crippen molar-refractivity contribution in [3.05, 3.63) is 212 Å². The summed E-state index contributed by atoms with van der Waals surface area (Å²) in [5, 5.41) is 10.1. The predicted molar refractivity (Wildman–Crippen MR) is 243 cm³/mol. The second-order valence-corrected chi connectivity index (χ2v) is 15.6. The van der Waals surface area contributed by atoms with E-state index in [-0.39, 0.29) is 0 Å². The third kappa shape index (κ3) is 5.54. The summed E-state index contributed by atoms with van der Waals surface area (Å²) < 4.78 is 2.62. The van der Waals surface area contributed by atoms with Gasteiger partial charge in [0, 0.05) is 42.6 Å². The third-order valence-corrected chi connectivity index (χ3v) is 12.4. The SMILES string of the molecule is c1ccc(-c2ccc(-c3cccc(N(c4ccc5ccccc5c4)c4ccc5sc6c7ccccc7c(-c7cccc8ccccc78)cc6c5c4)c3)cc2)cc1.